The lowest BCUT2D eigenvalue weighted by Gasteiger charge is -2.10. The van der Waals surface area contributed by atoms with Gasteiger partial charge in [0.2, 0.25) is 0 Å². The Morgan fingerprint density at radius 2 is 1.96 bits per heavy atom. The first kappa shape index (κ1) is 16.9. The van der Waals surface area contributed by atoms with Crippen LogP contribution in [-0.2, 0) is 0 Å². The highest BCUT2D eigenvalue weighted by Gasteiger charge is 2.09. The minimum absolute atomic E-state index is 0.268. The quantitative estimate of drug-likeness (QED) is 0.678. The Morgan fingerprint density at radius 1 is 1.12 bits per heavy atom. The van der Waals surface area contributed by atoms with Crippen molar-refractivity contribution in [2.45, 2.75) is 6.92 Å². The second kappa shape index (κ2) is 7.32. The first-order valence-electron chi connectivity index (χ1n) is 7.57. The third kappa shape index (κ3) is 4.33. The van der Waals surface area contributed by atoms with Crippen molar-refractivity contribution in [3.05, 3.63) is 82.8 Å². The van der Waals surface area contributed by atoms with E-state index in [2.05, 4.69) is 15.6 Å². The zero-order valence-corrected chi connectivity index (χ0v) is 14.1. The van der Waals surface area contributed by atoms with Crippen molar-refractivity contribution in [2.75, 3.05) is 10.6 Å². The molecule has 0 fully saturated rings. The van der Waals surface area contributed by atoms with Crippen LogP contribution in [0.3, 0.4) is 0 Å². The number of aromatic nitrogens is 1. The van der Waals surface area contributed by atoms with Crippen molar-refractivity contribution in [3.63, 3.8) is 0 Å². The third-order valence-corrected chi connectivity index (χ3v) is 3.79. The number of rotatable bonds is 4. The number of amides is 1. The normalized spacial score (nSPS) is 10.4. The maximum absolute atomic E-state index is 13.3. The number of pyridine rings is 1. The van der Waals surface area contributed by atoms with Gasteiger partial charge in [0.15, 0.2) is 0 Å². The van der Waals surface area contributed by atoms with Crippen LogP contribution < -0.4 is 10.6 Å². The van der Waals surface area contributed by atoms with Crippen LogP contribution in [0.4, 0.5) is 21.6 Å². The molecule has 0 aliphatic heterocycles. The molecule has 1 heterocycles. The van der Waals surface area contributed by atoms with Crippen molar-refractivity contribution in [1.29, 1.82) is 0 Å². The Balaban J connectivity index is 1.77. The summed E-state index contributed by atoms with van der Waals surface area (Å²) in [5.41, 5.74) is 2.54. The number of nitrogens with zero attached hydrogens (tertiary/aromatic N) is 1. The lowest BCUT2D eigenvalue weighted by molar-refractivity contribution is 0.102. The smallest absolute Gasteiger partial charge is 0.255 e. The van der Waals surface area contributed by atoms with Crippen molar-refractivity contribution in [1.82, 2.24) is 4.98 Å². The van der Waals surface area contributed by atoms with Gasteiger partial charge >= 0.3 is 0 Å². The molecule has 3 rings (SSSR count). The summed E-state index contributed by atoms with van der Waals surface area (Å²) < 4.78 is 13.3. The summed E-state index contributed by atoms with van der Waals surface area (Å²) in [6.45, 7) is 1.87. The molecular weight excluding hydrogens is 341 g/mol. The van der Waals surface area contributed by atoms with E-state index in [1.165, 1.54) is 18.3 Å². The highest BCUT2D eigenvalue weighted by molar-refractivity contribution is 6.30. The van der Waals surface area contributed by atoms with Gasteiger partial charge in [-0.2, -0.15) is 0 Å². The summed E-state index contributed by atoms with van der Waals surface area (Å²) in [5, 5.41) is 6.43. The maximum atomic E-state index is 13.3. The van der Waals surface area contributed by atoms with Gasteiger partial charge in [-0.3, -0.25) is 4.79 Å². The minimum atomic E-state index is -0.350. The molecule has 0 saturated carbocycles. The van der Waals surface area contributed by atoms with E-state index in [0.29, 0.717) is 27.8 Å². The van der Waals surface area contributed by atoms with Crippen LogP contribution in [0, 0.1) is 12.7 Å². The van der Waals surface area contributed by atoms with Gasteiger partial charge in [-0.05, 0) is 61.0 Å². The molecule has 0 bridgehead atoms. The van der Waals surface area contributed by atoms with Crippen LogP contribution in [0.2, 0.25) is 5.02 Å². The summed E-state index contributed by atoms with van der Waals surface area (Å²) in [6, 6.07) is 14.5. The zero-order chi connectivity index (χ0) is 17.8. The van der Waals surface area contributed by atoms with Gasteiger partial charge in [-0.15, -0.1) is 0 Å². The lowest BCUT2D eigenvalue weighted by Crippen LogP contribution is -2.13. The molecule has 0 saturated heterocycles. The number of aryl methyl sites for hydroxylation is 1. The Labute approximate surface area is 149 Å². The van der Waals surface area contributed by atoms with Gasteiger partial charge in [0.1, 0.15) is 11.6 Å². The molecule has 0 aliphatic carbocycles. The first-order valence-corrected chi connectivity index (χ1v) is 7.95. The van der Waals surface area contributed by atoms with Gasteiger partial charge in [0, 0.05) is 28.2 Å². The average molecular weight is 356 g/mol. The topological polar surface area (TPSA) is 54.0 Å². The maximum Gasteiger partial charge on any atom is 0.255 e. The highest BCUT2D eigenvalue weighted by Crippen LogP contribution is 2.21. The zero-order valence-electron chi connectivity index (χ0n) is 13.4. The molecule has 25 heavy (non-hydrogen) atoms. The van der Waals surface area contributed by atoms with E-state index in [-0.39, 0.29) is 11.7 Å². The standard InChI is InChI=1S/C19H15ClFN3O/c1-12-9-14(20)5-6-17(12)24-19(25)13-7-8-22-18(10-13)23-16-4-2-3-15(21)11-16/h2-11H,1H3,(H,22,23)(H,24,25). The van der Waals surface area contributed by atoms with Crippen molar-refractivity contribution in [2.24, 2.45) is 0 Å². The van der Waals surface area contributed by atoms with E-state index in [9.17, 15) is 9.18 Å². The van der Waals surface area contributed by atoms with E-state index in [1.54, 1.807) is 42.5 Å². The summed E-state index contributed by atoms with van der Waals surface area (Å²) in [5.74, 6) is -0.168. The number of benzene rings is 2. The molecular formula is C19H15ClFN3O. The van der Waals surface area contributed by atoms with Crippen molar-refractivity contribution in [3.8, 4) is 0 Å². The largest absolute Gasteiger partial charge is 0.340 e. The molecule has 1 aromatic heterocycles. The number of hydrogen-bond acceptors (Lipinski definition) is 3. The highest BCUT2D eigenvalue weighted by atomic mass is 35.5. The van der Waals surface area contributed by atoms with E-state index in [4.69, 9.17) is 11.6 Å². The Morgan fingerprint density at radius 3 is 2.72 bits per heavy atom. The van der Waals surface area contributed by atoms with E-state index in [0.717, 1.165) is 5.56 Å². The van der Waals surface area contributed by atoms with Crippen LogP contribution in [-0.4, -0.2) is 10.9 Å². The van der Waals surface area contributed by atoms with Crippen LogP contribution in [0.5, 0.6) is 0 Å². The van der Waals surface area contributed by atoms with Crippen LogP contribution in [0.15, 0.2) is 60.8 Å². The second-order valence-corrected chi connectivity index (χ2v) is 5.91. The van der Waals surface area contributed by atoms with Gasteiger partial charge in [0.05, 0.1) is 0 Å². The molecule has 1 amide bonds. The molecule has 0 spiro atoms. The molecule has 0 aliphatic rings. The average Bonchev–Trinajstić information content (AvgIpc) is 2.57. The van der Waals surface area contributed by atoms with Crippen LogP contribution >= 0.6 is 11.6 Å². The molecule has 2 N–H and O–H groups in total. The van der Waals surface area contributed by atoms with Crippen molar-refractivity contribution >= 4 is 34.7 Å². The molecule has 3 aromatic rings. The third-order valence-electron chi connectivity index (χ3n) is 3.56. The summed E-state index contributed by atoms with van der Waals surface area (Å²) in [6.07, 6.45) is 1.52. The Bertz CT molecular complexity index is 930. The second-order valence-electron chi connectivity index (χ2n) is 5.48. The molecule has 0 unspecified atom stereocenters. The predicted molar refractivity (Wildman–Crippen MR) is 98.1 cm³/mol. The number of carbonyl (C=O) groups excluding carboxylic acids is 1. The SMILES string of the molecule is Cc1cc(Cl)ccc1NC(=O)c1ccnc(Nc2cccc(F)c2)c1. The predicted octanol–water partition coefficient (Wildman–Crippen LogP) is 5.18. The Hall–Kier alpha value is -2.92. The number of hydrogen-bond donors (Lipinski definition) is 2. The van der Waals surface area contributed by atoms with Gasteiger partial charge in [-0.25, -0.2) is 9.37 Å². The van der Waals surface area contributed by atoms with E-state index < -0.39 is 0 Å². The minimum Gasteiger partial charge on any atom is -0.340 e. The van der Waals surface area contributed by atoms with E-state index >= 15 is 0 Å². The first-order chi connectivity index (χ1) is 12.0. The van der Waals surface area contributed by atoms with Gasteiger partial charge in [0.25, 0.3) is 5.91 Å². The summed E-state index contributed by atoms with van der Waals surface area (Å²) in [7, 11) is 0. The molecule has 6 heteroatoms. The van der Waals surface area contributed by atoms with Crippen LogP contribution in [0.25, 0.3) is 0 Å². The molecule has 2 aromatic carbocycles. The van der Waals surface area contributed by atoms with E-state index in [1.807, 2.05) is 6.92 Å². The van der Waals surface area contributed by atoms with Gasteiger partial charge < -0.3 is 10.6 Å². The summed E-state index contributed by atoms with van der Waals surface area (Å²) in [4.78, 5) is 16.6. The number of carbonyl (C=O) groups is 1. The van der Waals surface area contributed by atoms with Crippen LogP contribution in [0.1, 0.15) is 15.9 Å². The lowest BCUT2D eigenvalue weighted by atomic mass is 10.2. The molecule has 0 atom stereocenters. The fourth-order valence-electron chi connectivity index (χ4n) is 2.32. The number of halogens is 2. The molecule has 4 nitrogen and oxygen atoms in total. The fourth-order valence-corrected chi connectivity index (χ4v) is 2.54. The molecule has 0 radical (unpaired) electrons. The monoisotopic (exact) mass is 355 g/mol. The number of anilines is 3. The Kier molecular flexibility index (Phi) is 4.95. The molecule has 126 valence electrons. The fraction of sp³-hybridized carbons (Fsp3) is 0.0526. The number of nitrogens with one attached hydrogen (secondary N) is 2. The summed E-state index contributed by atoms with van der Waals surface area (Å²) >= 11 is 5.92. The van der Waals surface area contributed by atoms with Gasteiger partial charge in [-0.1, -0.05) is 17.7 Å². The van der Waals surface area contributed by atoms with Crippen molar-refractivity contribution < 1.29 is 9.18 Å².